The summed E-state index contributed by atoms with van der Waals surface area (Å²) in [5.74, 6) is -1.72. The number of nitrogens with zero attached hydrogens (tertiary/aromatic N) is 4. The van der Waals surface area contributed by atoms with Gasteiger partial charge in [0.25, 0.3) is 5.91 Å². The van der Waals surface area contributed by atoms with Crippen LogP contribution in [0.5, 0.6) is 0 Å². The molecule has 0 aromatic carbocycles. The highest BCUT2D eigenvalue weighted by atomic mass is 32.2. The monoisotopic (exact) mass is 329 g/mol. The largest absolute Gasteiger partial charge is 0.369 e. The molecule has 1 fully saturated rings. The van der Waals surface area contributed by atoms with E-state index in [-0.39, 0.29) is 37.8 Å². The third-order valence-electron chi connectivity index (χ3n) is 3.58. The summed E-state index contributed by atoms with van der Waals surface area (Å²) in [4.78, 5) is 25.4. The molecule has 1 aromatic rings. The third kappa shape index (κ3) is 3.63. The summed E-state index contributed by atoms with van der Waals surface area (Å²) in [6.07, 6.45) is 2.71. The number of amides is 2. The van der Waals surface area contributed by atoms with Crippen LogP contribution >= 0.6 is 0 Å². The number of aryl methyl sites for hydroxylation is 1. The number of primary amides is 1. The second kappa shape index (κ2) is 6.05. The molecule has 2 rings (SSSR count). The highest BCUT2D eigenvalue weighted by Crippen LogP contribution is 2.14. The molecule has 22 heavy (non-hydrogen) atoms. The van der Waals surface area contributed by atoms with Crippen LogP contribution in [0.4, 0.5) is 0 Å². The average molecular weight is 329 g/mol. The van der Waals surface area contributed by atoms with E-state index in [2.05, 4.69) is 5.10 Å². The molecule has 1 saturated heterocycles. The van der Waals surface area contributed by atoms with Crippen molar-refractivity contribution in [3.63, 3.8) is 0 Å². The number of hydrogen-bond donors (Lipinski definition) is 1. The SMILES string of the molecule is Cn1ccc(C(=O)N2CCN(S(C)(=O)=O)CC(C(N)=O)C2)n1. The molecular formula is C12H19N5O4S. The van der Waals surface area contributed by atoms with Crippen LogP contribution in [0.25, 0.3) is 0 Å². The minimum atomic E-state index is -3.46. The first-order valence-corrected chi connectivity index (χ1v) is 8.56. The first-order valence-electron chi connectivity index (χ1n) is 6.72. The average Bonchev–Trinajstić information content (AvgIpc) is 2.72. The second-order valence-electron chi connectivity index (χ2n) is 5.35. The molecule has 0 spiro atoms. The van der Waals surface area contributed by atoms with Gasteiger partial charge >= 0.3 is 0 Å². The van der Waals surface area contributed by atoms with E-state index in [1.54, 1.807) is 19.3 Å². The number of sulfonamides is 1. The van der Waals surface area contributed by atoms with E-state index in [9.17, 15) is 18.0 Å². The lowest BCUT2D eigenvalue weighted by molar-refractivity contribution is -0.122. The number of hydrogen-bond acceptors (Lipinski definition) is 5. The molecule has 1 aliphatic rings. The van der Waals surface area contributed by atoms with Gasteiger partial charge in [-0.2, -0.15) is 9.40 Å². The van der Waals surface area contributed by atoms with Crippen LogP contribution in [-0.4, -0.2) is 71.7 Å². The highest BCUT2D eigenvalue weighted by Gasteiger charge is 2.33. The Kier molecular flexibility index (Phi) is 4.52. The molecule has 0 bridgehead atoms. The molecule has 1 aromatic heterocycles. The van der Waals surface area contributed by atoms with Crippen molar-refractivity contribution in [2.45, 2.75) is 0 Å². The van der Waals surface area contributed by atoms with Crippen molar-refractivity contribution in [1.82, 2.24) is 19.0 Å². The quantitative estimate of drug-likeness (QED) is 0.704. The number of nitrogens with two attached hydrogens (primary N) is 1. The molecule has 9 nitrogen and oxygen atoms in total. The van der Waals surface area contributed by atoms with Crippen LogP contribution < -0.4 is 5.73 Å². The van der Waals surface area contributed by atoms with Crippen molar-refractivity contribution < 1.29 is 18.0 Å². The molecule has 1 unspecified atom stereocenters. The second-order valence-corrected chi connectivity index (χ2v) is 7.33. The summed E-state index contributed by atoms with van der Waals surface area (Å²) in [6, 6.07) is 1.57. The van der Waals surface area contributed by atoms with Gasteiger partial charge < -0.3 is 10.6 Å². The Hall–Kier alpha value is -1.94. The van der Waals surface area contributed by atoms with Gasteiger partial charge in [0.1, 0.15) is 5.69 Å². The lowest BCUT2D eigenvalue weighted by Crippen LogP contribution is -2.41. The van der Waals surface area contributed by atoms with Gasteiger partial charge in [0, 0.05) is 39.4 Å². The Labute approximate surface area is 128 Å². The zero-order chi connectivity index (χ0) is 16.5. The fourth-order valence-corrected chi connectivity index (χ4v) is 3.21. The van der Waals surface area contributed by atoms with Crippen molar-refractivity contribution in [2.24, 2.45) is 18.7 Å². The van der Waals surface area contributed by atoms with E-state index >= 15 is 0 Å². The minimum Gasteiger partial charge on any atom is -0.369 e. The molecule has 2 heterocycles. The highest BCUT2D eigenvalue weighted by molar-refractivity contribution is 7.88. The molecule has 0 saturated carbocycles. The van der Waals surface area contributed by atoms with Crippen molar-refractivity contribution in [3.8, 4) is 0 Å². The summed E-state index contributed by atoms with van der Waals surface area (Å²) in [5, 5.41) is 4.03. The molecule has 122 valence electrons. The van der Waals surface area contributed by atoms with Gasteiger partial charge in [-0.1, -0.05) is 0 Å². The number of carbonyl (C=O) groups is 2. The van der Waals surface area contributed by atoms with E-state index in [1.165, 1.54) is 13.9 Å². The normalized spacial score (nSPS) is 20.6. The maximum Gasteiger partial charge on any atom is 0.274 e. The van der Waals surface area contributed by atoms with E-state index in [4.69, 9.17) is 5.73 Å². The standard InChI is InChI=1S/C12H19N5O4S/c1-15-4-3-10(14-15)12(19)16-5-6-17(22(2,20)21)8-9(7-16)11(13)18/h3-4,9H,5-8H2,1-2H3,(H2,13,18). The Morgan fingerprint density at radius 3 is 2.50 bits per heavy atom. The fourth-order valence-electron chi connectivity index (χ4n) is 2.34. The predicted octanol–water partition coefficient (Wildman–Crippen LogP) is -1.76. The number of carbonyl (C=O) groups excluding carboxylic acids is 2. The Balaban J connectivity index is 2.23. The van der Waals surface area contributed by atoms with Crippen LogP contribution in [-0.2, 0) is 21.9 Å². The van der Waals surface area contributed by atoms with Gasteiger partial charge in [0.2, 0.25) is 15.9 Å². The Morgan fingerprint density at radius 1 is 1.32 bits per heavy atom. The lowest BCUT2D eigenvalue weighted by Gasteiger charge is -2.21. The van der Waals surface area contributed by atoms with Crippen molar-refractivity contribution in [3.05, 3.63) is 18.0 Å². The first-order chi connectivity index (χ1) is 10.2. The van der Waals surface area contributed by atoms with Crippen molar-refractivity contribution in [1.29, 1.82) is 0 Å². The maximum atomic E-state index is 12.4. The van der Waals surface area contributed by atoms with E-state index < -0.39 is 21.8 Å². The van der Waals surface area contributed by atoms with Crippen LogP contribution in [0.3, 0.4) is 0 Å². The van der Waals surface area contributed by atoms with E-state index in [0.29, 0.717) is 0 Å². The molecular weight excluding hydrogens is 310 g/mol. The molecule has 1 aliphatic heterocycles. The van der Waals surface area contributed by atoms with Crippen LogP contribution in [0.1, 0.15) is 10.5 Å². The summed E-state index contributed by atoms with van der Waals surface area (Å²) >= 11 is 0. The van der Waals surface area contributed by atoms with E-state index in [1.807, 2.05) is 0 Å². The Bertz CT molecular complexity index is 683. The van der Waals surface area contributed by atoms with Gasteiger partial charge in [-0.25, -0.2) is 8.42 Å². The third-order valence-corrected chi connectivity index (χ3v) is 4.85. The van der Waals surface area contributed by atoms with Crippen LogP contribution in [0, 0.1) is 5.92 Å². The summed E-state index contributed by atoms with van der Waals surface area (Å²) in [6.45, 7) is 0.379. The van der Waals surface area contributed by atoms with Gasteiger partial charge in [0.15, 0.2) is 0 Å². The predicted molar refractivity (Wildman–Crippen MR) is 78.2 cm³/mol. The van der Waals surface area contributed by atoms with Gasteiger partial charge in [-0.3, -0.25) is 14.3 Å². The molecule has 0 radical (unpaired) electrons. The molecule has 1 atom stereocenters. The zero-order valence-electron chi connectivity index (χ0n) is 12.5. The fraction of sp³-hybridized carbons (Fsp3) is 0.583. The summed E-state index contributed by atoms with van der Waals surface area (Å²) in [5.41, 5.74) is 5.58. The van der Waals surface area contributed by atoms with Gasteiger partial charge in [0.05, 0.1) is 12.2 Å². The van der Waals surface area contributed by atoms with E-state index in [0.717, 1.165) is 6.26 Å². The van der Waals surface area contributed by atoms with Crippen molar-refractivity contribution in [2.75, 3.05) is 32.4 Å². The molecule has 2 amide bonds. The van der Waals surface area contributed by atoms with Gasteiger partial charge in [-0.15, -0.1) is 0 Å². The number of aromatic nitrogens is 2. The summed E-state index contributed by atoms with van der Waals surface area (Å²) in [7, 11) is -1.77. The minimum absolute atomic E-state index is 0.0137. The smallest absolute Gasteiger partial charge is 0.274 e. The van der Waals surface area contributed by atoms with Crippen molar-refractivity contribution >= 4 is 21.8 Å². The van der Waals surface area contributed by atoms with Gasteiger partial charge in [-0.05, 0) is 6.07 Å². The topological polar surface area (TPSA) is 119 Å². The maximum absolute atomic E-state index is 12.4. The lowest BCUT2D eigenvalue weighted by atomic mass is 10.1. The summed E-state index contributed by atoms with van der Waals surface area (Å²) < 4.78 is 26.1. The molecule has 0 aliphatic carbocycles. The van der Waals surface area contributed by atoms with Crippen LogP contribution in [0.15, 0.2) is 12.3 Å². The molecule has 10 heteroatoms. The Morgan fingerprint density at radius 2 is 2.00 bits per heavy atom. The zero-order valence-corrected chi connectivity index (χ0v) is 13.3. The molecule has 2 N–H and O–H groups in total. The number of rotatable bonds is 3. The first kappa shape index (κ1) is 16.4. The van der Waals surface area contributed by atoms with Crippen LogP contribution in [0.2, 0.25) is 0 Å².